The molecule has 0 radical (unpaired) electrons. The van der Waals surface area contributed by atoms with Gasteiger partial charge in [0, 0.05) is 20.3 Å². The molecule has 0 aliphatic rings. The Hall–Kier alpha value is -2.11. The number of hydrogen-bond donors (Lipinski definition) is 2. The number of aromatic nitrogens is 1. The third-order valence-electron chi connectivity index (χ3n) is 2.21. The molecule has 1 aromatic heterocycles. The molecule has 92 valence electrons. The zero-order valence-corrected chi connectivity index (χ0v) is 10.1. The normalized spacial score (nSPS) is 11.7. The lowest BCUT2D eigenvalue weighted by Gasteiger charge is -2.12. The maximum absolute atomic E-state index is 11.6. The Labute approximate surface area is 99.8 Å². The van der Waals surface area contributed by atoms with E-state index in [9.17, 15) is 9.59 Å². The van der Waals surface area contributed by atoms with Gasteiger partial charge in [-0.1, -0.05) is 0 Å². The van der Waals surface area contributed by atoms with Crippen LogP contribution in [0.3, 0.4) is 0 Å². The summed E-state index contributed by atoms with van der Waals surface area (Å²) in [4.78, 5) is 27.9. The quantitative estimate of drug-likeness (QED) is 0.774. The van der Waals surface area contributed by atoms with Crippen molar-refractivity contribution in [2.75, 3.05) is 19.4 Å². The number of carbonyl (C=O) groups is 2. The van der Waals surface area contributed by atoms with Crippen LogP contribution in [0.5, 0.6) is 0 Å². The van der Waals surface area contributed by atoms with Crippen molar-refractivity contribution in [3.8, 4) is 0 Å². The highest BCUT2D eigenvalue weighted by molar-refractivity contribution is 5.93. The zero-order chi connectivity index (χ0) is 13.0. The van der Waals surface area contributed by atoms with E-state index in [1.807, 2.05) is 0 Å². The van der Waals surface area contributed by atoms with Crippen LogP contribution in [0.1, 0.15) is 17.3 Å². The minimum atomic E-state index is -0.502. The van der Waals surface area contributed by atoms with Crippen LogP contribution in [-0.2, 0) is 4.79 Å². The summed E-state index contributed by atoms with van der Waals surface area (Å²) in [6.45, 7) is 1.64. The third-order valence-corrected chi connectivity index (χ3v) is 2.21. The Bertz CT molecular complexity index is 414. The Morgan fingerprint density at radius 2 is 2.06 bits per heavy atom. The molecule has 0 aliphatic heterocycles. The van der Waals surface area contributed by atoms with E-state index >= 15 is 0 Å². The van der Waals surface area contributed by atoms with Crippen LogP contribution in [-0.4, -0.2) is 41.8 Å². The van der Waals surface area contributed by atoms with Crippen molar-refractivity contribution in [2.45, 2.75) is 13.0 Å². The van der Waals surface area contributed by atoms with Crippen molar-refractivity contribution in [3.63, 3.8) is 0 Å². The molecule has 0 bridgehead atoms. The van der Waals surface area contributed by atoms with E-state index in [2.05, 4.69) is 10.3 Å². The van der Waals surface area contributed by atoms with Crippen molar-refractivity contribution >= 4 is 17.6 Å². The molecular weight excluding hydrogens is 220 g/mol. The lowest BCUT2D eigenvalue weighted by Crippen LogP contribution is -2.32. The standard InChI is InChI=1S/C11H16N4O2/c1-7(10(12)16)14-9-5-4-8(6-13-9)11(17)15(2)3/h4-7H,1-3H3,(H2,12,16)(H,13,14). The van der Waals surface area contributed by atoms with E-state index in [0.29, 0.717) is 11.4 Å². The maximum Gasteiger partial charge on any atom is 0.254 e. The summed E-state index contributed by atoms with van der Waals surface area (Å²) in [5.41, 5.74) is 5.60. The predicted molar refractivity (Wildman–Crippen MR) is 64.5 cm³/mol. The van der Waals surface area contributed by atoms with Crippen LogP contribution in [0.2, 0.25) is 0 Å². The molecule has 0 aliphatic carbocycles. The number of amides is 2. The molecule has 0 spiro atoms. The third kappa shape index (κ3) is 3.44. The number of primary amides is 1. The number of nitrogens with one attached hydrogen (secondary N) is 1. The molecule has 6 nitrogen and oxygen atoms in total. The van der Waals surface area contributed by atoms with Crippen LogP contribution < -0.4 is 11.1 Å². The van der Waals surface area contributed by atoms with Crippen LogP contribution in [0.15, 0.2) is 18.3 Å². The van der Waals surface area contributed by atoms with Gasteiger partial charge in [-0.3, -0.25) is 9.59 Å². The largest absolute Gasteiger partial charge is 0.368 e. The van der Waals surface area contributed by atoms with Crippen molar-refractivity contribution in [2.24, 2.45) is 5.73 Å². The van der Waals surface area contributed by atoms with E-state index in [1.54, 1.807) is 33.2 Å². The molecule has 1 aromatic rings. The van der Waals surface area contributed by atoms with E-state index in [-0.39, 0.29) is 5.91 Å². The summed E-state index contributed by atoms with van der Waals surface area (Å²) in [5, 5.41) is 2.83. The molecule has 6 heteroatoms. The second kappa shape index (κ2) is 5.29. The summed E-state index contributed by atoms with van der Waals surface area (Å²) < 4.78 is 0. The molecule has 1 heterocycles. The molecule has 17 heavy (non-hydrogen) atoms. The molecule has 0 aromatic carbocycles. The summed E-state index contributed by atoms with van der Waals surface area (Å²) in [5.74, 6) is -0.0705. The summed E-state index contributed by atoms with van der Waals surface area (Å²) in [6.07, 6.45) is 1.46. The van der Waals surface area contributed by atoms with Crippen LogP contribution in [0.4, 0.5) is 5.82 Å². The first-order valence-electron chi connectivity index (χ1n) is 5.15. The van der Waals surface area contributed by atoms with E-state index in [4.69, 9.17) is 5.73 Å². The zero-order valence-electron chi connectivity index (χ0n) is 10.1. The van der Waals surface area contributed by atoms with Crippen molar-refractivity contribution in [1.82, 2.24) is 9.88 Å². The lowest BCUT2D eigenvalue weighted by molar-refractivity contribution is -0.118. The Morgan fingerprint density at radius 3 is 2.47 bits per heavy atom. The van der Waals surface area contributed by atoms with Gasteiger partial charge in [0.25, 0.3) is 5.91 Å². The van der Waals surface area contributed by atoms with Gasteiger partial charge in [-0.15, -0.1) is 0 Å². The van der Waals surface area contributed by atoms with Crippen molar-refractivity contribution in [3.05, 3.63) is 23.9 Å². The predicted octanol–water partition coefficient (Wildman–Crippen LogP) is 0.0691. The van der Waals surface area contributed by atoms with Crippen LogP contribution >= 0.6 is 0 Å². The highest BCUT2D eigenvalue weighted by atomic mass is 16.2. The van der Waals surface area contributed by atoms with Gasteiger partial charge in [0.05, 0.1) is 5.56 Å². The first-order chi connectivity index (χ1) is 7.91. The fourth-order valence-corrected chi connectivity index (χ4v) is 1.16. The van der Waals surface area contributed by atoms with E-state index in [0.717, 1.165) is 0 Å². The van der Waals surface area contributed by atoms with Crippen LogP contribution in [0, 0.1) is 0 Å². The maximum atomic E-state index is 11.6. The second-order valence-corrected chi connectivity index (χ2v) is 3.90. The fraction of sp³-hybridized carbons (Fsp3) is 0.364. The summed E-state index contributed by atoms with van der Waals surface area (Å²) in [6, 6.07) is 2.78. The number of carbonyl (C=O) groups excluding carboxylic acids is 2. The van der Waals surface area contributed by atoms with Gasteiger partial charge in [-0.05, 0) is 19.1 Å². The minimum Gasteiger partial charge on any atom is -0.368 e. The number of hydrogen-bond acceptors (Lipinski definition) is 4. The molecular formula is C11H16N4O2. The number of anilines is 1. The first-order valence-corrected chi connectivity index (χ1v) is 5.15. The summed E-state index contributed by atoms with van der Waals surface area (Å²) >= 11 is 0. The average Bonchev–Trinajstić information content (AvgIpc) is 2.28. The van der Waals surface area contributed by atoms with Gasteiger partial charge in [0.15, 0.2) is 0 Å². The average molecular weight is 236 g/mol. The molecule has 0 saturated carbocycles. The second-order valence-electron chi connectivity index (χ2n) is 3.90. The number of rotatable bonds is 4. The van der Waals surface area contributed by atoms with Gasteiger partial charge in [-0.25, -0.2) is 4.98 Å². The fourth-order valence-electron chi connectivity index (χ4n) is 1.16. The molecule has 0 fully saturated rings. The minimum absolute atomic E-state index is 0.119. The first kappa shape index (κ1) is 13.0. The molecule has 1 atom stereocenters. The molecule has 2 amide bonds. The Kier molecular flexibility index (Phi) is 4.03. The molecule has 3 N–H and O–H groups in total. The van der Waals surface area contributed by atoms with Gasteiger partial charge >= 0.3 is 0 Å². The van der Waals surface area contributed by atoms with Crippen molar-refractivity contribution < 1.29 is 9.59 Å². The Morgan fingerprint density at radius 1 is 1.41 bits per heavy atom. The highest BCUT2D eigenvalue weighted by Crippen LogP contribution is 2.07. The highest BCUT2D eigenvalue weighted by Gasteiger charge is 2.10. The summed E-state index contributed by atoms with van der Waals surface area (Å²) in [7, 11) is 3.34. The van der Waals surface area contributed by atoms with Gasteiger partial charge in [0.1, 0.15) is 11.9 Å². The number of pyridine rings is 1. The topological polar surface area (TPSA) is 88.3 Å². The van der Waals surface area contributed by atoms with E-state index < -0.39 is 11.9 Å². The van der Waals surface area contributed by atoms with Gasteiger partial charge in [0.2, 0.25) is 5.91 Å². The smallest absolute Gasteiger partial charge is 0.254 e. The molecule has 1 rings (SSSR count). The lowest BCUT2D eigenvalue weighted by atomic mass is 10.2. The van der Waals surface area contributed by atoms with Crippen molar-refractivity contribution in [1.29, 1.82) is 0 Å². The number of nitrogens with zero attached hydrogens (tertiary/aromatic N) is 2. The monoisotopic (exact) mass is 236 g/mol. The SMILES string of the molecule is CC(Nc1ccc(C(=O)N(C)C)cn1)C(N)=O. The molecule has 1 unspecified atom stereocenters. The van der Waals surface area contributed by atoms with E-state index in [1.165, 1.54) is 11.1 Å². The van der Waals surface area contributed by atoms with Gasteiger partial charge in [-0.2, -0.15) is 0 Å². The number of nitrogens with two attached hydrogens (primary N) is 1. The molecule has 0 saturated heterocycles. The van der Waals surface area contributed by atoms with Crippen LogP contribution in [0.25, 0.3) is 0 Å². The Balaban J connectivity index is 2.75. The van der Waals surface area contributed by atoms with Gasteiger partial charge < -0.3 is 16.0 Å².